The maximum atomic E-state index is 12.2. The summed E-state index contributed by atoms with van der Waals surface area (Å²) in [5.74, 6) is -0.574. The summed E-state index contributed by atoms with van der Waals surface area (Å²) in [5.41, 5.74) is 1.96. The largest absolute Gasteiger partial charge is 0.419 e. The van der Waals surface area contributed by atoms with Gasteiger partial charge in [-0.3, -0.25) is 4.79 Å². The number of H-pyrrole nitrogens is 1. The van der Waals surface area contributed by atoms with Gasteiger partial charge in [-0.15, -0.1) is 10.2 Å². The van der Waals surface area contributed by atoms with Crippen molar-refractivity contribution in [3.63, 3.8) is 0 Å². The van der Waals surface area contributed by atoms with Gasteiger partial charge in [0.2, 0.25) is 5.89 Å². The van der Waals surface area contributed by atoms with Gasteiger partial charge in [-0.05, 0) is 19.4 Å². The molecular formula is C11H10F3N3O2. The molecule has 0 aliphatic rings. The standard InChI is InChI=1S/C11H10F3N3O2/c1-5-7(4-18)6(2)15-9(5)10-17-16-8(19-10)3-11(12,13)14/h4,15H,3H2,1-2H3. The highest BCUT2D eigenvalue weighted by Gasteiger charge is 2.31. The first-order valence-electron chi connectivity index (χ1n) is 5.35. The van der Waals surface area contributed by atoms with Crippen LogP contribution in [0.15, 0.2) is 4.42 Å². The molecule has 0 bridgehead atoms. The fraction of sp³-hybridized carbons (Fsp3) is 0.364. The van der Waals surface area contributed by atoms with Gasteiger partial charge in [0.25, 0.3) is 5.89 Å². The lowest BCUT2D eigenvalue weighted by atomic mass is 10.1. The van der Waals surface area contributed by atoms with Gasteiger partial charge in [0.15, 0.2) is 6.29 Å². The minimum atomic E-state index is -4.40. The van der Waals surface area contributed by atoms with Crippen LogP contribution in [0.2, 0.25) is 0 Å². The Morgan fingerprint density at radius 1 is 1.32 bits per heavy atom. The van der Waals surface area contributed by atoms with E-state index >= 15 is 0 Å². The van der Waals surface area contributed by atoms with E-state index in [1.54, 1.807) is 13.8 Å². The van der Waals surface area contributed by atoms with E-state index in [0.717, 1.165) is 0 Å². The number of hydrogen-bond donors (Lipinski definition) is 1. The van der Waals surface area contributed by atoms with Crippen molar-refractivity contribution in [1.82, 2.24) is 15.2 Å². The Balaban J connectivity index is 2.36. The minimum absolute atomic E-state index is 0.0621. The molecule has 0 unspecified atom stereocenters. The number of nitrogens with zero attached hydrogens (tertiary/aromatic N) is 2. The molecule has 2 aromatic heterocycles. The normalized spacial score (nSPS) is 11.8. The molecule has 0 atom stereocenters. The molecule has 19 heavy (non-hydrogen) atoms. The third-order valence-corrected chi connectivity index (χ3v) is 2.65. The predicted molar refractivity (Wildman–Crippen MR) is 58.7 cm³/mol. The van der Waals surface area contributed by atoms with E-state index in [1.807, 2.05) is 0 Å². The highest BCUT2D eigenvalue weighted by molar-refractivity contribution is 5.82. The molecule has 1 N–H and O–H groups in total. The molecule has 5 nitrogen and oxygen atoms in total. The van der Waals surface area contributed by atoms with Crippen molar-refractivity contribution in [3.8, 4) is 11.6 Å². The zero-order valence-electron chi connectivity index (χ0n) is 10.1. The first-order valence-corrected chi connectivity index (χ1v) is 5.35. The average molecular weight is 273 g/mol. The number of nitrogens with one attached hydrogen (secondary N) is 1. The fourth-order valence-corrected chi connectivity index (χ4v) is 1.75. The van der Waals surface area contributed by atoms with Crippen molar-refractivity contribution in [2.45, 2.75) is 26.4 Å². The second-order valence-electron chi connectivity index (χ2n) is 4.07. The number of hydrogen-bond acceptors (Lipinski definition) is 4. The Morgan fingerprint density at radius 2 is 2.00 bits per heavy atom. The number of carbonyl (C=O) groups is 1. The van der Waals surface area contributed by atoms with Gasteiger partial charge in [0, 0.05) is 11.3 Å². The Kier molecular flexibility index (Phi) is 3.17. The van der Waals surface area contributed by atoms with Crippen molar-refractivity contribution in [2.24, 2.45) is 0 Å². The molecule has 0 fully saturated rings. The first kappa shape index (κ1) is 13.3. The molecule has 0 amide bonds. The third-order valence-electron chi connectivity index (χ3n) is 2.65. The summed E-state index contributed by atoms with van der Waals surface area (Å²) in [4.78, 5) is 13.7. The molecule has 0 saturated carbocycles. The predicted octanol–water partition coefficient (Wildman–Crippen LogP) is 2.60. The van der Waals surface area contributed by atoms with Crippen LogP contribution < -0.4 is 0 Å². The van der Waals surface area contributed by atoms with Gasteiger partial charge in [-0.1, -0.05) is 0 Å². The van der Waals surface area contributed by atoms with Crippen LogP contribution in [-0.2, 0) is 6.42 Å². The molecule has 8 heteroatoms. The van der Waals surface area contributed by atoms with E-state index < -0.39 is 18.5 Å². The summed E-state index contributed by atoms with van der Waals surface area (Å²) < 4.78 is 41.5. The molecule has 0 spiro atoms. The Bertz CT molecular complexity index is 613. The highest BCUT2D eigenvalue weighted by atomic mass is 19.4. The van der Waals surface area contributed by atoms with Crippen LogP contribution >= 0.6 is 0 Å². The molecule has 0 aromatic carbocycles. The molecule has 102 valence electrons. The van der Waals surface area contributed by atoms with E-state index in [9.17, 15) is 18.0 Å². The summed E-state index contributed by atoms with van der Waals surface area (Å²) in [6.07, 6.45) is -5.02. The van der Waals surface area contributed by atoms with Crippen LogP contribution in [0.5, 0.6) is 0 Å². The monoisotopic (exact) mass is 273 g/mol. The van der Waals surface area contributed by atoms with Crippen molar-refractivity contribution in [3.05, 3.63) is 22.7 Å². The number of rotatable bonds is 3. The van der Waals surface area contributed by atoms with Gasteiger partial charge < -0.3 is 9.40 Å². The Morgan fingerprint density at radius 3 is 2.53 bits per heavy atom. The van der Waals surface area contributed by atoms with E-state index in [4.69, 9.17) is 4.42 Å². The van der Waals surface area contributed by atoms with Crippen LogP contribution in [0.1, 0.15) is 27.5 Å². The summed E-state index contributed by atoms with van der Waals surface area (Å²) in [7, 11) is 0. The highest BCUT2D eigenvalue weighted by Crippen LogP contribution is 2.27. The van der Waals surface area contributed by atoms with Crippen molar-refractivity contribution >= 4 is 6.29 Å². The van der Waals surface area contributed by atoms with Gasteiger partial charge >= 0.3 is 6.18 Å². The number of halogens is 3. The van der Waals surface area contributed by atoms with Crippen LogP contribution in [0.3, 0.4) is 0 Å². The molecule has 2 rings (SSSR count). The van der Waals surface area contributed by atoms with Gasteiger partial charge in [-0.25, -0.2) is 0 Å². The summed E-state index contributed by atoms with van der Waals surface area (Å²) in [6.45, 7) is 3.32. The Hall–Kier alpha value is -2.12. The lowest BCUT2D eigenvalue weighted by molar-refractivity contribution is -0.130. The summed E-state index contributed by atoms with van der Waals surface area (Å²) in [6, 6.07) is 0. The number of aldehydes is 1. The first-order chi connectivity index (χ1) is 8.81. The lowest BCUT2D eigenvalue weighted by Crippen LogP contribution is -2.11. The maximum Gasteiger partial charge on any atom is 0.397 e. The topological polar surface area (TPSA) is 71.8 Å². The molecule has 0 aliphatic heterocycles. The zero-order chi connectivity index (χ0) is 14.2. The smallest absolute Gasteiger partial charge is 0.397 e. The number of carbonyl (C=O) groups excluding carboxylic acids is 1. The average Bonchev–Trinajstić information content (AvgIpc) is 2.82. The maximum absolute atomic E-state index is 12.2. The van der Waals surface area contributed by atoms with Crippen LogP contribution in [0.4, 0.5) is 13.2 Å². The zero-order valence-corrected chi connectivity index (χ0v) is 10.1. The van der Waals surface area contributed by atoms with E-state index in [2.05, 4.69) is 15.2 Å². The van der Waals surface area contributed by atoms with E-state index in [1.165, 1.54) is 0 Å². The molecule has 2 heterocycles. The number of aromatic amines is 1. The molecule has 0 radical (unpaired) electrons. The van der Waals surface area contributed by atoms with Crippen LogP contribution in [-0.4, -0.2) is 27.6 Å². The molecular weight excluding hydrogens is 263 g/mol. The molecule has 2 aromatic rings. The quantitative estimate of drug-likeness (QED) is 0.872. The van der Waals surface area contributed by atoms with Crippen molar-refractivity contribution in [1.29, 1.82) is 0 Å². The number of aryl methyl sites for hydroxylation is 1. The minimum Gasteiger partial charge on any atom is -0.419 e. The fourth-order valence-electron chi connectivity index (χ4n) is 1.75. The van der Waals surface area contributed by atoms with E-state index in [0.29, 0.717) is 28.8 Å². The second-order valence-corrected chi connectivity index (χ2v) is 4.07. The van der Waals surface area contributed by atoms with Crippen LogP contribution in [0, 0.1) is 13.8 Å². The van der Waals surface area contributed by atoms with E-state index in [-0.39, 0.29) is 5.89 Å². The van der Waals surface area contributed by atoms with Gasteiger partial charge in [0.1, 0.15) is 12.1 Å². The van der Waals surface area contributed by atoms with Crippen LogP contribution in [0.25, 0.3) is 11.6 Å². The summed E-state index contributed by atoms with van der Waals surface area (Å²) in [5, 5.41) is 6.90. The number of aromatic nitrogens is 3. The van der Waals surface area contributed by atoms with Gasteiger partial charge in [0.05, 0.1) is 0 Å². The lowest BCUT2D eigenvalue weighted by Gasteiger charge is -2.00. The van der Waals surface area contributed by atoms with Crippen molar-refractivity contribution in [2.75, 3.05) is 0 Å². The third kappa shape index (κ3) is 2.67. The van der Waals surface area contributed by atoms with Crippen molar-refractivity contribution < 1.29 is 22.4 Å². The molecule has 0 saturated heterocycles. The number of alkyl halides is 3. The Labute approximate surface area is 105 Å². The SMILES string of the molecule is Cc1[nH]c(-c2nnc(CC(F)(F)F)o2)c(C)c1C=O. The second kappa shape index (κ2) is 4.52. The molecule has 0 aliphatic carbocycles. The van der Waals surface area contributed by atoms with Gasteiger partial charge in [-0.2, -0.15) is 13.2 Å². The summed E-state index contributed by atoms with van der Waals surface area (Å²) >= 11 is 0.